The van der Waals surface area contributed by atoms with Crippen molar-refractivity contribution in [2.24, 2.45) is 5.73 Å². The summed E-state index contributed by atoms with van der Waals surface area (Å²) >= 11 is 0. The van der Waals surface area contributed by atoms with Gasteiger partial charge < -0.3 is 11.1 Å². The Kier molecular flexibility index (Phi) is 4.61. The Morgan fingerprint density at radius 1 is 1.47 bits per heavy atom. The van der Waals surface area contributed by atoms with E-state index in [2.05, 4.69) is 5.32 Å². The predicted molar refractivity (Wildman–Crippen MR) is 72.6 cm³/mol. The molecule has 6 nitrogen and oxygen atoms in total. The topological polar surface area (TPSA) is 98.3 Å². The third kappa shape index (κ3) is 4.67. The average Bonchev–Trinajstić information content (AvgIpc) is 2.24. The van der Waals surface area contributed by atoms with Gasteiger partial charge in [0.2, 0.25) is 5.91 Å². The number of nitro benzene ring substituents is 1. The third-order valence-electron chi connectivity index (χ3n) is 2.71. The van der Waals surface area contributed by atoms with E-state index in [1.54, 1.807) is 32.9 Å². The normalized spacial score (nSPS) is 11.2. The largest absolute Gasteiger partial charge is 0.352 e. The summed E-state index contributed by atoms with van der Waals surface area (Å²) in [5.74, 6) is -0.168. The lowest BCUT2D eigenvalue weighted by molar-refractivity contribution is -0.385. The number of amides is 1. The second-order valence-electron chi connectivity index (χ2n) is 5.26. The van der Waals surface area contributed by atoms with E-state index in [0.29, 0.717) is 5.56 Å². The molecule has 0 fully saturated rings. The molecular formula is C13H19N3O3. The molecule has 1 rings (SSSR count). The van der Waals surface area contributed by atoms with E-state index in [-0.39, 0.29) is 24.6 Å². The van der Waals surface area contributed by atoms with Crippen LogP contribution in [0.5, 0.6) is 0 Å². The number of nitrogens with zero attached hydrogens (tertiary/aromatic N) is 1. The van der Waals surface area contributed by atoms with Gasteiger partial charge in [0.25, 0.3) is 5.69 Å². The molecule has 0 heterocycles. The van der Waals surface area contributed by atoms with Gasteiger partial charge in [0.05, 0.1) is 4.92 Å². The highest BCUT2D eigenvalue weighted by Gasteiger charge is 2.17. The zero-order valence-electron chi connectivity index (χ0n) is 11.4. The molecule has 0 atom stereocenters. The summed E-state index contributed by atoms with van der Waals surface area (Å²) < 4.78 is 0. The SMILES string of the molecule is Cc1c(CNC(=O)CC(C)(C)N)cccc1[N+](=O)[O-]. The van der Waals surface area contributed by atoms with Crippen LogP contribution in [-0.2, 0) is 11.3 Å². The van der Waals surface area contributed by atoms with Crippen molar-refractivity contribution in [2.45, 2.75) is 39.3 Å². The quantitative estimate of drug-likeness (QED) is 0.624. The molecule has 0 saturated heterocycles. The fourth-order valence-corrected chi connectivity index (χ4v) is 1.73. The first-order chi connectivity index (χ1) is 8.70. The van der Waals surface area contributed by atoms with Gasteiger partial charge in [-0.1, -0.05) is 12.1 Å². The summed E-state index contributed by atoms with van der Waals surface area (Å²) in [5, 5.41) is 13.5. The first-order valence-corrected chi connectivity index (χ1v) is 5.99. The monoisotopic (exact) mass is 265 g/mol. The molecule has 0 aliphatic heterocycles. The van der Waals surface area contributed by atoms with E-state index in [0.717, 1.165) is 5.56 Å². The van der Waals surface area contributed by atoms with Crippen LogP contribution in [0.1, 0.15) is 31.4 Å². The van der Waals surface area contributed by atoms with Crippen LogP contribution < -0.4 is 11.1 Å². The lowest BCUT2D eigenvalue weighted by Gasteiger charge is -2.17. The first kappa shape index (κ1) is 15.1. The zero-order valence-corrected chi connectivity index (χ0v) is 11.4. The van der Waals surface area contributed by atoms with Crippen LogP contribution in [-0.4, -0.2) is 16.4 Å². The van der Waals surface area contributed by atoms with Crippen molar-refractivity contribution in [1.82, 2.24) is 5.32 Å². The number of carbonyl (C=O) groups is 1. The van der Waals surface area contributed by atoms with Crippen LogP contribution in [0.4, 0.5) is 5.69 Å². The molecule has 0 aliphatic carbocycles. The van der Waals surface area contributed by atoms with Crippen LogP contribution >= 0.6 is 0 Å². The molecule has 1 aromatic rings. The molecule has 0 aliphatic rings. The van der Waals surface area contributed by atoms with Gasteiger partial charge in [-0.25, -0.2) is 0 Å². The number of hydrogen-bond acceptors (Lipinski definition) is 4. The summed E-state index contributed by atoms with van der Waals surface area (Å²) in [7, 11) is 0. The van der Waals surface area contributed by atoms with E-state index < -0.39 is 10.5 Å². The maximum absolute atomic E-state index is 11.6. The number of rotatable bonds is 5. The van der Waals surface area contributed by atoms with Gasteiger partial charge in [0.1, 0.15) is 0 Å². The molecule has 19 heavy (non-hydrogen) atoms. The van der Waals surface area contributed by atoms with Gasteiger partial charge in [-0.2, -0.15) is 0 Å². The molecular weight excluding hydrogens is 246 g/mol. The Bertz CT molecular complexity index is 492. The highest BCUT2D eigenvalue weighted by atomic mass is 16.6. The Labute approximate surface area is 112 Å². The van der Waals surface area contributed by atoms with E-state index in [4.69, 9.17) is 5.73 Å². The Hall–Kier alpha value is -1.95. The Balaban J connectivity index is 2.71. The van der Waals surface area contributed by atoms with Crippen molar-refractivity contribution in [3.63, 3.8) is 0 Å². The lowest BCUT2D eigenvalue weighted by Crippen LogP contribution is -2.38. The third-order valence-corrected chi connectivity index (χ3v) is 2.71. The number of nitrogens with one attached hydrogen (secondary N) is 1. The highest BCUT2D eigenvalue weighted by molar-refractivity contribution is 5.77. The maximum Gasteiger partial charge on any atom is 0.272 e. The molecule has 1 amide bonds. The van der Waals surface area contributed by atoms with Gasteiger partial charge in [-0.05, 0) is 26.3 Å². The Morgan fingerprint density at radius 2 is 2.11 bits per heavy atom. The summed E-state index contributed by atoms with van der Waals surface area (Å²) in [6, 6.07) is 4.82. The molecule has 0 saturated carbocycles. The molecule has 0 bridgehead atoms. The van der Waals surface area contributed by atoms with E-state index in [1.807, 2.05) is 0 Å². The minimum absolute atomic E-state index is 0.0610. The minimum atomic E-state index is -0.568. The Morgan fingerprint density at radius 3 is 2.63 bits per heavy atom. The number of nitrogens with two attached hydrogens (primary N) is 1. The maximum atomic E-state index is 11.6. The summed E-state index contributed by atoms with van der Waals surface area (Å²) in [5.41, 5.74) is 6.55. The second kappa shape index (κ2) is 5.79. The van der Waals surface area contributed by atoms with Gasteiger partial charge in [-0.3, -0.25) is 14.9 Å². The van der Waals surface area contributed by atoms with Crippen molar-refractivity contribution in [3.8, 4) is 0 Å². The van der Waals surface area contributed by atoms with Gasteiger partial charge in [0, 0.05) is 30.1 Å². The predicted octanol–water partition coefficient (Wildman–Crippen LogP) is 1.65. The van der Waals surface area contributed by atoms with Crippen LogP contribution in [0, 0.1) is 17.0 Å². The van der Waals surface area contributed by atoms with Crippen molar-refractivity contribution in [3.05, 3.63) is 39.4 Å². The van der Waals surface area contributed by atoms with E-state index in [9.17, 15) is 14.9 Å². The summed E-state index contributed by atoms with van der Waals surface area (Å²) in [4.78, 5) is 22.0. The minimum Gasteiger partial charge on any atom is -0.352 e. The molecule has 3 N–H and O–H groups in total. The van der Waals surface area contributed by atoms with E-state index in [1.165, 1.54) is 6.07 Å². The van der Waals surface area contributed by atoms with Crippen LogP contribution in [0.3, 0.4) is 0 Å². The zero-order chi connectivity index (χ0) is 14.6. The molecule has 104 valence electrons. The van der Waals surface area contributed by atoms with E-state index >= 15 is 0 Å². The fourth-order valence-electron chi connectivity index (χ4n) is 1.73. The van der Waals surface area contributed by atoms with Crippen molar-refractivity contribution < 1.29 is 9.72 Å². The van der Waals surface area contributed by atoms with Crippen LogP contribution in [0.15, 0.2) is 18.2 Å². The molecule has 0 unspecified atom stereocenters. The fraction of sp³-hybridized carbons (Fsp3) is 0.462. The number of carbonyl (C=O) groups excluding carboxylic acids is 1. The van der Waals surface area contributed by atoms with Crippen LogP contribution in [0.2, 0.25) is 0 Å². The number of benzene rings is 1. The second-order valence-corrected chi connectivity index (χ2v) is 5.26. The van der Waals surface area contributed by atoms with Gasteiger partial charge in [0.15, 0.2) is 0 Å². The molecule has 0 spiro atoms. The standard InChI is InChI=1S/C13H19N3O3/c1-9-10(5-4-6-11(9)16(18)19)8-15-12(17)7-13(2,3)14/h4-6H,7-8,14H2,1-3H3,(H,15,17). The van der Waals surface area contributed by atoms with Crippen molar-refractivity contribution in [1.29, 1.82) is 0 Å². The van der Waals surface area contributed by atoms with Crippen molar-refractivity contribution >= 4 is 11.6 Å². The lowest BCUT2D eigenvalue weighted by atomic mass is 10.0. The number of hydrogen-bond donors (Lipinski definition) is 2. The van der Waals surface area contributed by atoms with Crippen molar-refractivity contribution in [2.75, 3.05) is 0 Å². The molecule has 6 heteroatoms. The average molecular weight is 265 g/mol. The molecule has 0 aromatic heterocycles. The smallest absolute Gasteiger partial charge is 0.272 e. The van der Waals surface area contributed by atoms with Gasteiger partial charge >= 0.3 is 0 Å². The first-order valence-electron chi connectivity index (χ1n) is 5.99. The highest BCUT2D eigenvalue weighted by Crippen LogP contribution is 2.20. The summed E-state index contributed by atoms with van der Waals surface area (Å²) in [6.07, 6.45) is 0.209. The number of nitro groups is 1. The van der Waals surface area contributed by atoms with Crippen LogP contribution in [0.25, 0.3) is 0 Å². The molecule has 0 radical (unpaired) electrons. The van der Waals surface area contributed by atoms with Gasteiger partial charge in [-0.15, -0.1) is 0 Å². The summed E-state index contributed by atoms with van der Waals surface area (Å²) in [6.45, 7) is 5.48. The molecule has 1 aromatic carbocycles.